The molecule has 1 atom stereocenters. The second kappa shape index (κ2) is 6.63. The van der Waals surface area contributed by atoms with E-state index >= 15 is 0 Å². The van der Waals surface area contributed by atoms with Crippen LogP contribution in [0, 0.1) is 0 Å². The SMILES string of the molecule is CN1CCCCC1CNCCNC(N)=O. The third-order valence-corrected chi connectivity index (χ3v) is 2.90. The summed E-state index contributed by atoms with van der Waals surface area (Å²) in [4.78, 5) is 12.8. The molecule has 15 heavy (non-hydrogen) atoms. The Morgan fingerprint density at radius 1 is 1.47 bits per heavy atom. The number of amides is 2. The molecular formula is C10H22N4O. The fourth-order valence-electron chi connectivity index (χ4n) is 1.94. The van der Waals surface area contributed by atoms with Crippen LogP contribution in [0.2, 0.25) is 0 Å². The van der Waals surface area contributed by atoms with Crippen LogP contribution in [0.4, 0.5) is 4.79 Å². The Kier molecular flexibility index (Phi) is 5.42. The molecule has 0 bridgehead atoms. The fraction of sp³-hybridized carbons (Fsp3) is 0.900. The van der Waals surface area contributed by atoms with Crippen LogP contribution in [0.1, 0.15) is 19.3 Å². The summed E-state index contributed by atoms with van der Waals surface area (Å²) in [7, 11) is 2.17. The quantitative estimate of drug-likeness (QED) is 0.552. The number of urea groups is 1. The van der Waals surface area contributed by atoms with Crippen molar-refractivity contribution in [3.63, 3.8) is 0 Å². The first-order valence-corrected chi connectivity index (χ1v) is 5.64. The molecule has 0 aromatic carbocycles. The van der Waals surface area contributed by atoms with Crippen LogP contribution in [0.15, 0.2) is 0 Å². The van der Waals surface area contributed by atoms with Gasteiger partial charge in [-0.05, 0) is 26.4 Å². The highest BCUT2D eigenvalue weighted by atomic mass is 16.2. The molecule has 88 valence electrons. The van der Waals surface area contributed by atoms with Gasteiger partial charge >= 0.3 is 6.03 Å². The molecule has 5 heteroatoms. The third-order valence-electron chi connectivity index (χ3n) is 2.90. The summed E-state index contributed by atoms with van der Waals surface area (Å²) in [6, 6.07) is 0.193. The highest BCUT2D eigenvalue weighted by molar-refractivity contribution is 5.71. The smallest absolute Gasteiger partial charge is 0.312 e. The van der Waals surface area contributed by atoms with E-state index in [1.54, 1.807) is 0 Å². The number of nitrogens with zero attached hydrogens (tertiary/aromatic N) is 1. The number of carbonyl (C=O) groups excluding carboxylic acids is 1. The van der Waals surface area contributed by atoms with Crippen LogP contribution in [0.3, 0.4) is 0 Å². The van der Waals surface area contributed by atoms with Gasteiger partial charge in [-0.3, -0.25) is 0 Å². The van der Waals surface area contributed by atoms with E-state index in [9.17, 15) is 4.79 Å². The van der Waals surface area contributed by atoms with Crippen molar-refractivity contribution in [3.8, 4) is 0 Å². The molecule has 0 radical (unpaired) electrons. The van der Waals surface area contributed by atoms with E-state index in [1.807, 2.05) is 0 Å². The molecule has 0 spiro atoms. The Bertz CT molecular complexity index is 198. The second-order valence-corrected chi connectivity index (χ2v) is 4.13. The van der Waals surface area contributed by atoms with Gasteiger partial charge in [0, 0.05) is 25.7 Å². The predicted molar refractivity (Wildman–Crippen MR) is 60.7 cm³/mol. The first-order chi connectivity index (χ1) is 7.20. The van der Waals surface area contributed by atoms with Crippen LogP contribution >= 0.6 is 0 Å². The lowest BCUT2D eigenvalue weighted by Crippen LogP contribution is -2.44. The maximum absolute atomic E-state index is 10.4. The zero-order chi connectivity index (χ0) is 11.1. The standard InChI is InChI=1S/C10H22N4O/c1-14-7-3-2-4-9(14)8-12-5-6-13-10(11)15/h9,12H,2-8H2,1H3,(H3,11,13,15). The molecule has 0 aromatic rings. The minimum atomic E-state index is -0.452. The highest BCUT2D eigenvalue weighted by Gasteiger charge is 2.17. The van der Waals surface area contributed by atoms with Crippen LogP contribution in [-0.4, -0.2) is 50.2 Å². The summed E-state index contributed by atoms with van der Waals surface area (Å²) in [5, 5.41) is 5.89. The van der Waals surface area contributed by atoms with E-state index in [4.69, 9.17) is 5.73 Å². The molecule has 1 aliphatic heterocycles. The summed E-state index contributed by atoms with van der Waals surface area (Å²) in [5.74, 6) is 0. The lowest BCUT2D eigenvalue weighted by molar-refractivity contribution is 0.182. The second-order valence-electron chi connectivity index (χ2n) is 4.13. The summed E-state index contributed by atoms with van der Waals surface area (Å²) >= 11 is 0. The van der Waals surface area contributed by atoms with Gasteiger partial charge in [-0.15, -0.1) is 0 Å². The van der Waals surface area contributed by atoms with Gasteiger partial charge in [-0.1, -0.05) is 6.42 Å². The summed E-state index contributed by atoms with van der Waals surface area (Å²) in [5.41, 5.74) is 4.95. The first kappa shape index (κ1) is 12.3. The first-order valence-electron chi connectivity index (χ1n) is 5.64. The monoisotopic (exact) mass is 214 g/mol. The van der Waals surface area contributed by atoms with Gasteiger partial charge < -0.3 is 21.3 Å². The normalized spacial score (nSPS) is 22.6. The highest BCUT2D eigenvalue weighted by Crippen LogP contribution is 2.13. The number of nitrogens with two attached hydrogens (primary N) is 1. The number of hydrogen-bond acceptors (Lipinski definition) is 3. The van der Waals surface area contributed by atoms with Crippen molar-refractivity contribution in [3.05, 3.63) is 0 Å². The summed E-state index contributed by atoms with van der Waals surface area (Å²) in [6.07, 6.45) is 3.92. The molecule has 5 nitrogen and oxygen atoms in total. The number of rotatable bonds is 5. The van der Waals surface area contributed by atoms with Gasteiger partial charge in [-0.25, -0.2) is 4.79 Å². The number of hydrogen-bond donors (Lipinski definition) is 3. The summed E-state index contributed by atoms with van der Waals surface area (Å²) in [6.45, 7) is 3.59. The molecule has 0 aromatic heterocycles. The van der Waals surface area contributed by atoms with Crippen LogP contribution in [0.25, 0.3) is 0 Å². The molecule has 1 unspecified atom stereocenters. The number of nitrogens with one attached hydrogen (secondary N) is 2. The fourth-order valence-corrected chi connectivity index (χ4v) is 1.94. The average Bonchev–Trinajstić information content (AvgIpc) is 2.20. The van der Waals surface area contributed by atoms with E-state index in [2.05, 4.69) is 22.6 Å². The average molecular weight is 214 g/mol. The van der Waals surface area contributed by atoms with E-state index in [0.717, 1.165) is 13.1 Å². The molecule has 1 saturated heterocycles. The van der Waals surface area contributed by atoms with Crippen LogP contribution < -0.4 is 16.4 Å². The number of piperidine rings is 1. The van der Waals surface area contributed by atoms with Gasteiger partial charge in [0.1, 0.15) is 0 Å². The van der Waals surface area contributed by atoms with Gasteiger partial charge in [0.25, 0.3) is 0 Å². The van der Waals surface area contributed by atoms with Crippen molar-refractivity contribution in [2.75, 3.05) is 33.2 Å². The Labute approximate surface area is 91.4 Å². The zero-order valence-corrected chi connectivity index (χ0v) is 9.46. The van der Waals surface area contributed by atoms with Crippen molar-refractivity contribution in [1.29, 1.82) is 0 Å². The molecule has 1 heterocycles. The minimum absolute atomic E-state index is 0.452. The number of carbonyl (C=O) groups is 1. The molecule has 1 aliphatic rings. The van der Waals surface area contributed by atoms with Crippen LogP contribution in [0.5, 0.6) is 0 Å². The maximum Gasteiger partial charge on any atom is 0.312 e. The molecule has 2 amide bonds. The number of likely N-dealkylation sites (tertiary alicyclic amines) is 1. The van der Waals surface area contributed by atoms with Crippen molar-refractivity contribution in [2.24, 2.45) is 5.73 Å². The number of primary amides is 1. The molecule has 0 aliphatic carbocycles. The lowest BCUT2D eigenvalue weighted by Gasteiger charge is -2.32. The van der Waals surface area contributed by atoms with Gasteiger partial charge in [0.05, 0.1) is 0 Å². The summed E-state index contributed by atoms with van der Waals surface area (Å²) < 4.78 is 0. The van der Waals surface area contributed by atoms with Crippen molar-refractivity contribution >= 4 is 6.03 Å². The number of likely N-dealkylation sites (N-methyl/N-ethyl adjacent to an activating group) is 1. The van der Waals surface area contributed by atoms with E-state index in [1.165, 1.54) is 25.8 Å². The minimum Gasteiger partial charge on any atom is -0.352 e. The topological polar surface area (TPSA) is 70.4 Å². The molecule has 4 N–H and O–H groups in total. The molecule has 1 rings (SSSR count). The Morgan fingerprint density at radius 3 is 2.93 bits per heavy atom. The maximum atomic E-state index is 10.4. The van der Waals surface area contributed by atoms with Crippen molar-refractivity contribution in [1.82, 2.24) is 15.5 Å². The molecular weight excluding hydrogens is 192 g/mol. The lowest BCUT2D eigenvalue weighted by atomic mass is 10.0. The van der Waals surface area contributed by atoms with Gasteiger partial charge in [0.15, 0.2) is 0 Å². The van der Waals surface area contributed by atoms with Crippen LogP contribution in [-0.2, 0) is 0 Å². The third kappa shape index (κ3) is 4.99. The predicted octanol–water partition coefficient (Wildman–Crippen LogP) is -0.271. The Hall–Kier alpha value is -0.810. The van der Waals surface area contributed by atoms with Crippen molar-refractivity contribution in [2.45, 2.75) is 25.3 Å². The molecule has 0 saturated carbocycles. The van der Waals surface area contributed by atoms with Gasteiger partial charge in [0.2, 0.25) is 0 Å². The van der Waals surface area contributed by atoms with Crippen molar-refractivity contribution < 1.29 is 4.79 Å². The molecule has 1 fully saturated rings. The van der Waals surface area contributed by atoms with E-state index in [0.29, 0.717) is 12.6 Å². The van der Waals surface area contributed by atoms with Gasteiger partial charge in [-0.2, -0.15) is 0 Å². The Morgan fingerprint density at radius 2 is 2.27 bits per heavy atom. The Balaban J connectivity index is 2.01. The largest absolute Gasteiger partial charge is 0.352 e. The van der Waals surface area contributed by atoms with E-state index in [-0.39, 0.29) is 0 Å². The van der Waals surface area contributed by atoms with E-state index < -0.39 is 6.03 Å². The zero-order valence-electron chi connectivity index (χ0n) is 9.46.